The number of ether oxygens (including phenoxy) is 1. The van der Waals surface area contributed by atoms with E-state index in [9.17, 15) is 37.7 Å². The second-order valence-electron chi connectivity index (χ2n) is 5.95. The Morgan fingerprint density at radius 3 is 2.33 bits per heavy atom. The first-order valence-electron chi connectivity index (χ1n) is 7.64. The molecule has 6 atom stereocenters. The van der Waals surface area contributed by atoms with Crippen LogP contribution in [-0.4, -0.2) is 53.0 Å². The summed E-state index contributed by atoms with van der Waals surface area (Å²) < 4.78 is 64.3. The van der Waals surface area contributed by atoms with Crippen molar-refractivity contribution < 1.29 is 60.6 Å². The molecule has 1 saturated heterocycles. The monoisotopic (exact) mass is 500 g/mol. The van der Waals surface area contributed by atoms with Crippen LogP contribution in [0.15, 0.2) is 15.8 Å². The van der Waals surface area contributed by atoms with E-state index in [1.807, 2.05) is 0 Å². The van der Waals surface area contributed by atoms with E-state index in [-0.39, 0.29) is 0 Å². The lowest BCUT2D eigenvalue weighted by molar-refractivity contribution is -0.0471. The summed E-state index contributed by atoms with van der Waals surface area (Å²) >= 11 is 0. The largest absolute Gasteiger partial charge is 0.490 e. The molecule has 1 aliphatic heterocycles. The van der Waals surface area contributed by atoms with Crippen LogP contribution in [0.1, 0.15) is 13.2 Å². The number of halogens is 1. The van der Waals surface area contributed by atoms with Crippen LogP contribution in [0, 0.1) is 11.7 Å². The number of hydrogen-bond donors (Lipinski definition) is 6. The van der Waals surface area contributed by atoms with Gasteiger partial charge in [-0.15, -0.1) is 0 Å². The van der Waals surface area contributed by atoms with E-state index >= 15 is 0 Å². The van der Waals surface area contributed by atoms with Gasteiger partial charge >= 0.3 is 29.2 Å². The van der Waals surface area contributed by atoms with E-state index in [4.69, 9.17) is 19.4 Å². The molecule has 1 fully saturated rings. The minimum absolute atomic E-state index is 0.528. The summed E-state index contributed by atoms with van der Waals surface area (Å²) in [6, 6.07) is 0. The Kier molecular flexibility index (Phi) is 7.41. The fourth-order valence-electron chi connectivity index (χ4n) is 2.47. The SMILES string of the molecule is C[C@H]1[C@H](O)[C@@H](COP(=O)(O)OP(=O)(O)OP(=O)(O)O)O[C@H]1n1cc(F)c(=O)[nH]c1=O. The predicted octanol–water partition coefficient (Wildman–Crippen LogP) is -1.09. The van der Waals surface area contributed by atoms with E-state index < -0.39 is 71.5 Å². The van der Waals surface area contributed by atoms with Crippen molar-refractivity contribution in [3.8, 4) is 0 Å². The zero-order valence-corrected chi connectivity index (χ0v) is 17.4. The molecule has 0 spiro atoms. The number of phosphoric acid groups is 3. The Labute approximate surface area is 165 Å². The fourth-order valence-corrected chi connectivity index (χ4v) is 5.50. The molecule has 16 nitrogen and oxygen atoms in total. The Morgan fingerprint density at radius 1 is 1.17 bits per heavy atom. The van der Waals surface area contributed by atoms with Crippen molar-refractivity contribution in [2.24, 2.45) is 5.92 Å². The molecule has 0 saturated carbocycles. The highest BCUT2D eigenvalue weighted by atomic mass is 31.3. The van der Waals surface area contributed by atoms with Crippen molar-refractivity contribution in [1.82, 2.24) is 9.55 Å². The Morgan fingerprint density at radius 2 is 1.77 bits per heavy atom. The van der Waals surface area contributed by atoms with Gasteiger partial charge in [-0.2, -0.15) is 13.0 Å². The molecule has 20 heteroatoms. The zero-order valence-electron chi connectivity index (χ0n) is 14.7. The second-order valence-corrected chi connectivity index (χ2v) is 10.4. The summed E-state index contributed by atoms with van der Waals surface area (Å²) in [5.41, 5.74) is -2.36. The second kappa shape index (κ2) is 8.82. The molecule has 2 unspecified atom stereocenters. The van der Waals surface area contributed by atoms with E-state index in [1.165, 1.54) is 6.92 Å². The molecule has 1 aromatic heterocycles. The van der Waals surface area contributed by atoms with E-state index in [0.29, 0.717) is 10.8 Å². The lowest BCUT2D eigenvalue weighted by Gasteiger charge is -2.19. The number of hydrogen-bond acceptors (Lipinski definition) is 10. The third kappa shape index (κ3) is 6.47. The van der Waals surface area contributed by atoms with Crippen LogP contribution in [0.5, 0.6) is 0 Å². The van der Waals surface area contributed by atoms with Gasteiger partial charge in [0.05, 0.1) is 18.9 Å². The van der Waals surface area contributed by atoms with Crippen molar-refractivity contribution in [1.29, 1.82) is 0 Å². The first-order chi connectivity index (χ1) is 13.5. The number of phosphoric ester groups is 1. The first-order valence-corrected chi connectivity index (χ1v) is 12.2. The maximum atomic E-state index is 13.5. The number of aromatic nitrogens is 2. The molecule has 2 rings (SSSR count). The van der Waals surface area contributed by atoms with Crippen LogP contribution in [0.4, 0.5) is 4.39 Å². The topological polar surface area (TPSA) is 244 Å². The van der Waals surface area contributed by atoms with Crippen molar-refractivity contribution >= 4 is 23.5 Å². The fraction of sp³-hybridized carbons (Fsp3) is 0.600. The molecule has 6 N–H and O–H groups in total. The van der Waals surface area contributed by atoms with Crippen molar-refractivity contribution in [2.75, 3.05) is 6.61 Å². The summed E-state index contributed by atoms with van der Waals surface area (Å²) in [5.74, 6) is -2.25. The highest BCUT2D eigenvalue weighted by Crippen LogP contribution is 2.66. The molecule has 2 heterocycles. The average molecular weight is 500 g/mol. The van der Waals surface area contributed by atoms with Crippen LogP contribution < -0.4 is 11.2 Å². The van der Waals surface area contributed by atoms with Crippen LogP contribution >= 0.6 is 23.5 Å². The summed E-state index contributed by atoms with van der Waals surface area (Å²) in [6.45, 7) is 0.377. The molecule has 1 aliphatic rings. The van der Waals surface area contributed by atoms with Gasteiger partial charge in [-0.05, 0) is 0 Å². The van der Waals surface area contributed by atoms with Gasteiger partial charge in [-0.3, -0.25) is 18.9 Å². The first kappa shape index (κ1) is 25.2. The Hall–Kier alpha value is -1.06. The van der Waals surface area contributed by atoms with E-state index in [2.05, 4.69) is 13.1 Å². The quantitative estimate of drug-likeness (QED) is 0.233. The van der Waals surface area contributed by atoms with Gasteiger partial charge in [-0.1, -0.05) is 6.92 Å². The highest BCUT2D eigenvalue weighted by Gasteiger charge is 2.45. The van der Waals surface area contributed by atoms with Gasteiger partial charge in [0.2, 0.25) is 5.82 Å². The number of aliphatic hydroxyl groups is 1. The summed E-state index contributed by atoms with van der Waals surface area (Å²) in [7, 11) is -16.8. The molecular formula is C10H16FN2O14P3. The van der Waals surface area contributed by atoms with Gasteiger partial charge in [-0.25, -0.2) is 18.5 Å². The van der Waals surface area contributed by atoms with Crippen LogP contribution in [0.2, 0.25) is 0 Å². The lowest BCUT2D eigenvalue weighted by atomic mass is 10.0. The van der Waals surface area contributed by atoms with Crippen molar-refractivity contribution in [3.05, 3.63) is 32.9 Å². The standard InChI is InChI=1S/C10H16FN2O14P3/c1-4-7(14)6(25-9(4)13-2-5(11)8(15)12-10(13)16)3-24-29(20,21)27-30(22,23)26-28(17,18)19/h2,4,6-7,9,14H,3H2,1H3,(H,20,21)(H,22,23)(H,12,15,16)(H2,17,18,19)/t4-,6+,7-,9+/m0/s1. The van der Waals surface area contributed by atoms with Gasteiger partial charge in [0.25, 0.3) is 5.56 Å². The average Bonchev–Trinajstić information content (AvgIpc) is 2.81. The van der Waals surface area contributed by atoms with Crippen LogP contribution in [0.3, 0.4) is 0 Å². The number of aromatic amines is 1. The molecule has 0 radical (unpaired) electrons. The molecule has 0 bridgehead atoms. The minimum Gasteiger partial charge on any atom is -0.390 e. The predicted molar refractivity (Wildman–Crippen MR) is 90.2 cm³/mol. The molecule has 0 aliphatic carbocycles. The molecular weight excluding hydrogens is 484 g/mol. The smallest absolute Gasteiger partial charge is 0.390 e. The van der Waals surface area contributed by atoms with Crippen molar-refractivity contribution in [3.63, 3.8) is 0 Å². The molecule has 1 aromatic rings. The summed E-state index contributed by atoms with van der Waals surface area (Å²) in [6.07, 6.45) is -3.73. The van der Waals surface area contributed by atoms with Crippen LogP contribution in [0.25, 0.3) is 0 Å². The number of nitrogens with one attached hydrogen (secondary N) is 1. The number of nitrogens with zero attached hydrogens (tertiary/aromatic N) is 1. The summed E-state index contributed by atoms with van der Waals surface area (Å²) in [4.78, 5) is 60.0. The van der Waals surface area contributed by atoms with Gasteiger partial charge in [0.15, 0.2) is 0 Å². The zero-order chi connectivity index (χ0) is 23.1. The Balaban J connectivity index is 2.09. The van der Waals surface area contributed by atoms with Crippen molar-refractivity contribution in [2.45, 2.75) is 25.4 Å². The maximum absolute atomic E-state index is 13.5. The summed E-state index contributed by atoms with van der Waals surface area (Å²) in [5, 5.41) is 10.2. The third-order valence-corrected chi connectivity index (χ3v) is 7.50. The molecule has 172 valence electrons. The molecule has 0 amide bonds. The normalized spacial score (nSPS) is 28.8. The van der Waals surface area contributed by atoms with E-state index in [1.54, 1.807) is 4.98 Å². The Bertz CT molecular complexity index is 1050. The maximum Gasteiger partial charge on any atom is 0.490 e. The third-order valence-electron chi connectivity index (χ3n) is 3.70. The van der Waals surface area contributed by atoms with E-state index in [0.717, 1.165) is 0 Å². The molecule has 0 aromatic carbocycles. The molecule has 30 heavy (non-hydrogen) atoms. The van der Waals surface area contributed by atoms with Crippen LogP contribution in [-0.2, 0) is 31.6 Å². The minimum atomic E-state index is -5.73. The van der Waals surface area contributed by atoms with Gasteiger partial charge in [0, 0.05) is 5.92 Å². The lowest BCUT2D eigenvalue weighted by Crippen LogP contribution is -2.35. The number of aliphatic hydroxyl groups excluding tert-OH is 1. The van der Waals surface area contributed by atoms with Gasteiger partial charge in [0.1, 0.15) is 12.3 Å². The number of H-pyrrole nitrogens is 1. The number of rotatable bonds is 8. The van der Waals surface area contributed by atoms with Gasteiger partial charge < -0.3 is 29.4 Å². The highest BCUT2D eigenvalue weighted by molar-refractivity contribution is 7.66.